The Morgan fingerprint density at radius 1 is 1.26 bits per heavy atom. The van der Waals surface area contributed by atoms with Crippen LogP contribution in [0.25, 0.3) is 11.0 Å². The van der Waals surface area contributed by atoms with Crippen LogP contribution in [0, 0.1) is 0 Å². The molecule has 1 unspecified atom stereocenters. The second-order valence-electron chi connectivity index (χ2n) is 5.34. The normalized spacial score (nSPS) is 17.4. The third kappa shape index (κ3) is 2.74. The van der Waals surface area contributed by atoms with E-state index in [0.717, 1.165) is 17.8 Å². The first-order valence-corrected chi connectivity index (χ1v) is 7.20. The van der Waals surface area contributed by atoms with E-state index in [4.69, 9.17) is 4.42 Å². The van der Waals surface area contributed by atoms with E-state index in [2.05, 4.69) is 29.6 Å². The first kappa shape index (κ1) is 12.5. The molecule has 2 heteroatoms. The number of benzene rings is 1. The van der Waals surface area contributed by atoms with Crippen molar-refractivity contribution in [2.75, 3.05) is 7.05 Å². The van der Waals surface area contributed by atoms with Crippen molar-refractivity contribution in [1.82, 2.24) is 5.32 Å². The van der Waals surface area contributed by atoms with Gasteiger partial charge in [-0.2, -0.15) is 0 Å². The lowest BCUT2D eigenvalue weighted by molar-refractivity contribution is 0.443. The van der Waals surface area contributed by atoms with Gasteiger partial charge in [0.1, 0.15) is 11.3 Å². The molecule has 100 valence electrons. The first-order valence-electron chi connectivity index (χ1n) is 7.20. The van der Waals surface area contributed by atoms with Crippen molar-refractivity contribution in [2.24, 2.45) is 0 Å². The van der Waals surface area contributed by atoms with E-state index < -0.39 is 0 Å². The molecule has 2 nitrogen and oxygen atoms in total. The Morgan fingerprint density at radius 3 is 2.89 bits per heavy atom. The van der Waals surface area contributed by atoms with Crippen LogP contribution in [0.3, 0.4) is 0 Å². The van der Waals surface area contributed by atoms with Crippen LogP contribution < -0.4 is 5.32 Å². The summed E-state index contributed by atoms with van der Waals surface area (Å²) in [6.07, 6.45) is 8.65. The zero-order valence-electron chi connectivity index (χ0n) is 11.5. The standard InChI is InChI=1S/C17H21NO/c1-18-15(11-13-7-3-2-4-8-13)17-12-14-9-5-6-10-16(14)19-17/h5-7,9-10,12,15,18H,2-4,8,11H2,1H3. The molecule has 19 heavy (non-hydrogen) atoms. The number of hydrogen-bond donors (Lipinski definition) is 1. The van der Waals surface area contributed by atoms with E-state index in [1.807, 2.05) is 19.2 Å². The molecule has 0 fully saturated rings. The summed E-state index contributed by atoms with van der Waals surface area (Å²) in [4.78, 5) is 0. The van der Waals surface area contributed by atoms with E-state index in [-0.39, 0.29) is 6.04 Å². The van der Waals surface area contributed by atoms with Crippen molar-refractivity contribution in [3.8, 4) is 0 Å². The van der Waals surface area contributed by atoms with Gasteiger partial charge in [-0.25, -0.2) is 0 Å². The van der Waals surface area contributed by atoms with E-state index >= 15 is 0 Å². The molecule has 1 aromatic heterocycles. The number of para-hydroxylation sites is 1. The number of allylic oxidation sites excluding steroid dienone is 1. The van der Waals surface area contributed by atoms with Crippen molar-refractivity contribution in [2.45, 2.75) is 38.1 Å². The Kier molecular flexibility index (Phi) is 3.69. The van der Waals surface area contributed by atoms with Gasteiger partial charge in [0.15, 0.2) is 0 Å². The average molecular weight is 255 g/mol. The Balaban J connectivity index is 1.82. The topological polar surface area (TPSA) is 25.2 Å². The molecule has 0 radical (unpaired) electrons. The summed E-state index contributed by atoms with van der Waals surface area (Å²) in [5, 5.41) is 4.58. The number of furan rings is 1. The van der Waals surface area contributed by atoms with Crippen LogP contribution in [-0.2, 0) is 0 Å². The van der Waals surface area contributed by atoms with Crippen molar-refractivity contribution in [1.29, 1.82) is 0 Å². The highest BCUT2D eigenvalue weighted by atomic mass is 16.3. The summed E-state index contributed by atoms with van der Waals surface area (Å²) in [7, 11) is 2.02. The molecular weight excluding hydrogens is 234 g/mol. The lowest BCUT2D eigenvalue weighted by Crippen LogP contribution is -2.16. The minimum atomic E-state index is 0.289. The Bertz CT molecular complexity index is 549. The van der Waals surface area contributed by atoms with E-state index in [1.54, 1.807) is 5.57 Å². The third-order valence-corrected chi connectivity index (χ3v) is 3.99. The van der Waals surface area contributed by atoms with Gasteiger partial charge in [-0.15, -0.1) is 0 Å². The van der Waals surface area contributed by atoms with Gasteiger partial charge in [-0.1, -0.05) is 29.8 Å². The van der Waals surface area contributed by atoms with Crippen LogP contribution in [-0.4, -0.2) is 7.05 Å². The van der Waals surface area contributed by atoms with Gasteiger partial charge >= 0.3 is 0 Å². The predicted molar refractivity (Wildman–Crippen MR) is 79.2 cm³/mol. The minimum Gasteiger partial charge on any atom is -0.459 e. The molecule has 1 N–H and O–H groups in total. The maximum atomic E-state index is 5.97. The molecule has 2 aromatic rings. The van der Waals surface area contributed by atoms with Crippen molar-refractivity contribution in [3.05, 3.63) is 47.7 Å². The zero-order valence-corrected chi connectivity index (χ0v) is 11.5. The van der Waals surface area contributed by atoms with Crippen LogP contribution in [0.2, 0.25) is 0 Å². The van der Waals surface area contributed by atoms with E-state index in [9.17, 15) is 0 Å². The summed E-state index contributed by atoms with van der Waals surface area (Å²) < 4.78 is 5.97. The molecule has 0 amide bonds. The van der Waals surface area contributed by atoms with Gasteiger partial charge in [0.2, 0.25) is 0 Å². The molecule has 1 heterocycles. The predicted octanol–water partition coefficient (Wildman–Crippen LogP) is 4.58. The second kappa shape index (κ2) is 5.62. The fourth-order valence-corrected chi connectivity index (χ4v) is 2.87. The van der Waals surface area contributed by atoms with Crippen LogP contribution in [0.5, 0.6) is 0 Å². The molecule has 1 atom stereocenters. The highest BCUT2D eigenvalue weighted by molar-refractivity contribution is 5.77. The third-order valence-electron chi connectivity index (χ3n) is 3.99. The number of hydrogen-bond acceptors (Lipinski definition) is 2. The first-order chi connectivity index (χ1) is 9.36. The zero-order chi connectivity index (χ0) is 13.1. The van der Waals surface area contributed by atoms with E-state index in [0.29, 0.717) is 0 Å². The monoisotopic (exact) mass is 255 g/mol. The molecule has 1 aliphatic rings. The molecule has 1 aromatic carbocycles. The molecule has 0 aliphatic heterocycles. The Labute approximate surface area is 114 Å². The summed E-state index contributed by atoms with van der Waals surface area (Å²) in [5.74, 6) is 1.05. The lowest BCUT2D eigenvalue weighted by atomic mass is 9.93. The van der Waals surface area contributed by atoms with Crippen LogP contribution in [0.1, 0.15) is 43.9 Å². The highest BCUT2D eigenvalue weighted by Crippen LogP contribution is 2.30. The maximum Gasteiger partial charge on any atom is 0.134 e. The average Bonchev–Trinajstić information content (AvgIpc) is 2.89. The summed E-state index contributed by atoms with van der Waals surface area (Å²) in [5.41, 5.74) is 2.56. The van der Waals surface area contributed by atoms with E-state index in [1.165, 1.54) is 31.1 Å². The van der Waals surface area contributed by atoms with Crippen molar-refractivity contribution in [3.63, 3.8) is 0 Å². The highest BCUT2D eigenvalue weighted by Gasteiger charge is 2.17. The minimum absolute atomic E-state index is 0.289. The lowest BCUT2D eigenvalue weighted by Gasteiger charge is -2.18. The smallest absolute Gasteiger partial charge is 0.134 e. The molecule has 1 aliphatic carbocycles. The summed E-state index contributed by atoms with van der Waals surface area (Å²) >= 11 is 0. The van der Waals surface area contributed by atoms with Gasteiger partial charge in [-0.05, 0) is 51.3 Å². The maximum absolute atomic E-state index is 5.97. The molecular formula is C17H21NO. The fourth-order valence-electron chi connectivity index (χ4n) is 2.87. The fraction of sp³-hybridized carbons (Fsp3) is 0.412. The van der Waals surface area contributed by atoms with Gasteiger partial charge in [0, 0.05) is 5.39 Å². The van der Waals surface area contributed by atoms with Crippen molar-refractivity contribution < 1.29 is 4.42 Å². The summed E-state index contributed by atoms with van der Waals surface area (Å²) in [6.45, 7) is 0. The number of rotatable bonds is 4. The SMILES string of the molecule is CNC(CC1=CCCCC1)c1cc2ccccc2o1. The van der Waals surface area contributed by atoms with Gasteiger partial charge in [0.25, 0.3) is 0 Å². The van der Waals surface area contributed by atoms with Crippen LogP contribution >= 0.6 is 0 Å². The number of nitrogens with one attached hydrogen (secondary N) is 1. The van der Waals surface area contributed by atoms with Gasteiger partial charge in [-0.3, -0.25) is 0 Å². The van der Waals surface area contributed by atoms with Crippen molar-refractivity contribution >= 4 is 11.0 Å². The largest absolute Gasteiger partial charge is 0.459 e. The van der Waals surface area contributed by atoms with Gasteiger partial charge in [0.05, 0.1) is 6.04 Å². The Hall–Kier alpha value is -1.54. The quantitative estimate of drug-likeness (QED) is 0.809. The molecule has 0 bridgehead atoms. The number of fused-ring (bicyclic) bond motifs is 1. The summed E-state index contributed by atoms with van der Waals surface area (Å²) in [6, 6.07) is 10.7. The molecule has 0 spiro atoms. The second-order valence-corrected chi connectivity index (χ2v) is 5.34. The van der Waals surface area contributed by atoms with Crippen LogP contribution in [0.15, 0.2) is 46.4 Å². The van der Waals surface area contributed by atoms with Gasteiger partial charge < -0.3 is 9.73 Å². The Morgan fingerprint density at radius 2 is 2.16 bits per heavy atom. The molecule has 0 saturated heterocycles. The molecule has 3 rings (SSSR count). The van der Waals surface area contributed by atoms with Crippen LogP contribution in [0.4, 0.5) is 0 Å². The molecule has 0 saturated carbocycles.